The van der Waals surface area contributed by atoms with Gasteiger partial charge in [-0.05, 0) is 26.3 Å². The van der Waals surface area contributed by atoms with E-state index in [2.05, 4.69) is 49.7 Å². The highest BCUT2D eigenvalue weighted by molar-refractivity contribution is 4.87. The molecular formula is C15H33N3. The molecule has 3 nitrogen and oxygen atoms in total. The first-order valence-corrected chi connectivity index (χ1v) is 7.67. The lowest BCUT2D eigenvalue weighted by Crippen LogP contribution is -2.58. The summed E-state index contributed by atoms with van der Waals surface area (Å²) in [6.07, 6.45) is 1.28. The van der Waals surface area contributed by atoms with Gasteiger partial charge in [0.1, 0.15) is 0 Å². The maximum Gasteiger partial charge on any atom is 0.0281 e. The molecule has 1 aliphatic rings. The quantitative estimate of drug-likeness (QED) is 0.751. The van der Waals surface area contributed by atoms with E-state index >= 15 is 0 Å². The summed E-state index contributed by atoms with van der Waals surface area (Å²) in [7, 11) is 0. The van der Waals surface area contributed by atoms with Gasteiger partial charge in [-0.25, -0.2) is 0 Å². The fraction of sp³-hybridized carbons (Fsp3) is 1.00. The van der Waals surface area contributed by atoms with E-state index < -0.39 is 0 Å². The van der Waals surface area contributed by atoms with Crippen molar-refractivity contribution in [1.29, 1.82) is 0 Å². The fourth-order valence-electron chi connectivity index (χ4n) is 2.79. The molecule has 0 aromatic heterocycles. The van der Waals surface area contributed by atoms with Gasteiger partial charge in [-0.15, -0.1) is 0 Å². The van der Waals surface area contributed by atoms with Crippen molar-refractivity contribution in [2.45, 2.75) is 46.6 Å². The summed E-state index contributed by atoms with van der Waals surface area (Å²) in [4.78, 5) is 5.26. The summed E-state index contributed by atoms with van der Waals surface area (Å²) in [6, 6.07) is 0. The molecule has 1 unspecified atom stereocenters. The van der Waals surface area contributed by atoms with Crippen molar-refractivity contribution in [2.75, 3.05) is 45.8 Å². The highest BCUT2D eigenvalue weighted by Gasteiger charge is 2.29. The molecule has 0 bridgehead atoms. The Morgan fingerprint density at radius 3 is 2.33 bits per heavy atom. The van der Waals surface area contributed by atoms with Gasteiger partial charge in [0.2, 0.25) is 0 Å². The Kier molecular flexibility index (Phi) is 6.61. The Bertz CT molecular complexity index is 222. The van der Waals surface area contributed by atoms with Crippen molar-refractivity contribution in [3.8, 4) is 0 Å². The van der Waals surface area contributed by atoms with Crippen LogP contribution in [0.4, 0.5) is 0 Å². The van der Waals surface area contributed by atoms with Crippen molar-refractivity contribution in [1.82, 2.24) is 15.1 Å². The average molecular weight is 255 g/mol. The van der Waals surface area contributed by atoms with Crippen molar-refractivity contribution in [3.63, 3.8) is 0 Å². The highest BCUT2D eigenvalue weighted by atomic mass is 15.3. The minimum absolute atomic E-state index is 0.297. The van der Waals surface area contributed by atoms with Crippen molar-refractivity contribution < 1.29 is 0 Å². The van der Waals surface area contributed by atoms with Crippen LogP contribution in [0.1, 0.15) is 41.0 Å². The van der Waals surface area contributed by atoms with E-state index in [1.807, 2.05) is 0 Å². The second-order valence-corrected chi connectivity index (χ2v) is 6.39. The molecule has 1 N–H and O–H groups in total. The van der Waals surface area contributed by atoms with Gasteiger partial charge in [-0.1, -0.05) is 27.2 Å². The third kappa shape index (κ3) is 4.87. The van der Waals surface area contributed by atoms with Crippen LogP contribution in [0.25, 0.3) is 0 Å². The molecule has 1 rings (SSSR count). The van der Waals surface area contributed by atoms with Crippen LogP contribution in [0.2, 0.25) is 0 Å². The van der Waals surface area contributed by atoms with Gasteiger partial charge in [-0.3, -0.25) is 4.90 Å². The summed E-state index contributed by atoms with van der Waals surface area (Å²) in [5.41, 5.74) is 0.297. The van der Waals surface area contributed by atoms with Gasteiger partial charge in [0.15, 0.2) is 0 Å². The molecule has 0 aromatic carbocycles. The van der Waals surface area contributed by atoms with Crippen molar-refractivity contribution in [3.05, 3.63) is 0 Å². The van der Waals surface area contributed by atoms with Crippen LogP contribution < -0.4 is 5.32 Å². The Labute approximate surface area is 114 Å². The molecule has 0 radical (unpaired) electrons. The zero-order valence-corrected chi connectivity index (χ0v) is 13.1. The molecule has 0 amide bonds. The lowest BCUT2D eigenvalue weighted by Gasteiger charge is -2.44. The topological polar surface area (TPSA) is 18.5 Å². The third-order valence-electron chi connectivity index (χ3n) is 4.30. The zero-order valence-electron chi connectivity index (χ0n) is 13.1. The number of nitrogens with zero attached hydrogens (tertiary/aromatic N) is 2. The van der Waals surface area contributed by atoms with E-state index in [0.717, 1.165) is 19.0 Å². The zero-order chi connectivity index (χ0) is 13.6. The normalized spacial score (nSPS) is 20.3. The first-order chi connectivity index (χ1) is 8.49. The van der Waals surface area contributed by atoms with Crippen LogP contribution in [0.3, 0.4) is 0 Å². The van der Waals surface area contributed by atoms with Gasteiger partial charge in [0, 0.05) is 44.8 Å². The van der Waals surface area contributed by atoms with Gasteiger partial charge in [0.25, 0.3) is 0 Å². The Morgan fingerprint density at radius 2 is 1.83 bits per heavy atom. The summed E-state index contributed by atoms with van der Waals surface area (Å²) >= 11 is 0. The van der Waals surface area contributed by atoms with Crippen molar-refractivity contribution in [2.24, 2.45) is 5.92 Å². The number of hydrogen-bond donors (Lipinski definition) is 1. The molecule has 1 fully saturated rings. The second-order valence-electron chi connectivity index (χ2n) is 6.39. The summed E-state index contributed by atoms with van der Waals surface area (Å²) in [6.45, 7) is 20.0. The first-order valence-electron chi connectivity index (χ1n) is 7.67. The summed E-state index contributed by atoms with van der Waals surface area (Å²) < 4.78 is 0. The predicted octanol–water partition coefficient (Wildman–Crippen LogP) is 2.04. The van der Waals surface area contributed by atoms with E-state index in [-0.39, 0.29) is 0 Å². The van der Waals surface area contributed by atoms with Gasteiger partial charge >= 0.3 is 0 Å². The lowest BCUT2D eigenvalue weighted by molar-refractivity contribution is 0.0600. The number of likely N-dealkylation sites (N-methyl/N-ethyl adjacent to an activating group) is 1. The third-order valence-corrected chi connectivity index (χ3v) is 4.30. The lowest BCUT2D eigenvalue weighted by atomic mass is 9.99. The molecule has 0 aliphatic carbocycles. The molecule has 1 atom stereocenters. The predicted molar refractivity (Wildman–Crippen MR) is 80.1 cm³/mol. The second kappa shape index (κ2) is 7.46. The van der Waals surface area contributed by atoms with E-state index in [0.29, 0.717) is 5.54 Å². The smallest absolute Gasteiger partial charge is 0.0281 e. The van der Waals surface area contributed by atoms with Crippen LogP contribution in [0.15, 0.2) is 0 Å². The number of piperazine rings is 1. The Hall–Kier alpha value is -0.120. The fourth-order valence-corrected chi connectivity index (χ4v) is 2.79. The molecule has 108 valence electrons. The molecule has 3 heteroatoms. The molecular weight excluding hydrogens is 222 g/mol. The van der Waals surface area contributed by atoms with Gasteiger partial charge in [-0.2, -0.15) is 0 Å². The monoisotopic (exact) mass is 255 g/mol. The van der Waals surface area contributed by atoms with Crippen molar-refractivity contribution >= 4 is 0 Å². The maximum atomic E-state index is 3.44. The summed E-state index contributed by atoms with van der Waals surface area (Å²) in [5, 5.41) is 3.44. The number of rotatable bonds is 7. The molecule has 0 spiro atoms. The van der Waals surface area contributed by atoms with Crippen LogP contribution in [0.5, 0.6) is 0 Å². The molecule has 1 aliphatic heterocycles. The average Bonchev–Trinajstić information content (AvgIpc) is 2.38. The Morgan fingerprint density at radius 1 is 1.22 bits per heavy atom. The minimum atomic E-state index is 0.297. The van der Waals surface area contributed by atoms with Crippen LogP contribution in [-0.4, -0.2) is 61.2 Å². The molecule has 18 heavy (non-hydrogen) atoms. The first kappa shape index (κ1) is 15.9. The van der Waals surface area contributed by atoms with E-state index in [9.17, 15) is 0 Å². The standard InChI is InChI=1S/C15H33N3/c1-6-14(3)12-17(7-2)13-15(4,5)18-10-8-16-9-11-18/h14,16H,6-13H2,1-5H3. The van der Waals surface area contributed by atoms with Crippen LogP contribution >= 0.6 is 0 Å². The van der Waals surface area contributed by atoms with E-state index in [4.69, 9.17) is 0 Å². The van der Waals surface area contributed by atoms with Gasteiger partial charge < -0.3 is 10.2 Å². The number of hydrogen-bond acceptors (Lipinski definition) is 3. The largest absolute Gasteiger partial charge is 0.314 e. The van der Waals surface area contributed by atoms with E-state index in [1.54, 1.807) is 0 Å². The summed E-state index contributed by atoms with van der Waals surface area (Å²) in [5.74, 6) is 0.809. The van der Waals surface area contributed by atoms with Crippen LogP contribution in [-0.2, 0) is 0 Å². The molecule has 0 aromatic rings. The maximum absolute atomic E-state index is 3.44. The van der Waals surface area contributed by atoms with Crippen LogP contribution in [0, 0.1) is 5.92 Å². The molecule has 0 saturated carbocycles. The van der Waals surface area contributed by atoms with Gasteiger partial charge in [0.05, 0.1) is 0 Å². The number of nitrogens with one attached hydrogen (secondary N) is 1. The Balaban J connectivity index is 2.49. The molecule has 1 heterocycles. The molecule has 1 saturated heterocycles. The van der Waals surface area contributed by atoms with E-state index in [1.165, 1.54) is 39.1 Å². The minimum Gasteiger partial charge on any atom is -0.314 e. The highest BCUT2D eigenvalue weighted by Crippen LogP contribution is 2.18. The SMILES string of the molecule is CCC(C)CN(CC)CC(C)(C)N1CCNCC1.